The Labute approximate surface area is 259 Å². The van der Waals surface area contributed by atoms with Gasteiger partial charge < -0.3 is 14.4 Å². The minimum absolute atomic E-state index is 0.0120. The van der Waals surface area contributed by atoms with Crippen LogP contribution in [0.5, 0.6) is 5.75 Å². The van der Waals surface area contributed by atoms with E-state index in [-0.39, 0.29) is 22.6 Å². The molecule has 2 aliphatic rings. The van der Waals surface area contributed by atoms with Crippen LogP contribution in [-0.2, 0) is 19.1 Å². The molecule has 0 radical (unpaired) electrons. The van der Waals surface area contributed by atoms with Gasteiger partial charge in [-0.1, -0.05) is 86.9 Å². The number of unbranched alkanes of at least 4 members (excludes halogenated alkanes) is 4. The molecule has 0 spiro atoms. The average molecular weight is 614 g/mol. The normalized spacial score (nSPS) is 16.8. The number of carbonyl (C=O) groups excluding carboxylic acids is 3. The molecule has 1 amide bonds. The van der Waals surface area contributed by atoms with Crippen LogP contribution in [0, 0.1) is 0 Å². The number of rotatable bonds is 11. The van der Waals surface area contributed by atoms with Crippen molar-refractivity contribution >= 4 is 40.4 Å². The Morgan fingerprint density at radius 3 is 2.48 bits per heavy atom. The van der Waals surface area contributed by atoms with Crippen LogP contribution in [0.1, 0.15) is 70.0 Å². The zero-order chi connectivity index (χ0) is 31.4. The molecule has 9 nitrogen and oxygen atoms in total. The highest BCUT2D eigenvalue weighted by Gasteiger charge is 2.37. The summed E-state index contributed by atoms with van der Waals surface area (Å²) >= 11 is 1.14. The number of benzene rings is 2. The summed E-state index contributed by atoms with van der Waals surface area (Å²) in [6.07, 6.45) is 6.77. The second kappa shape index (κ2) is 13.4. The number of thiazole rings is 1. The standard InChI is InChI=1S/C34H35N3O6S/c1-5-7-8-9-12-19-36-26-14-11-10-13-25(26)28(31(36)39)30-32(40)37-29(23-15-17-24(18-16-23)43-22(4)38)27(33(41)42-20-6-2)21(3)35-34(37)44-30/h6,10-11,13-18,29H,2,5,7-9,12,19-20H2,1,3-4H3/b30-28+. The number of aromatic nitrogens is 1. The van der Waals surface area contributed by atoms with Crippen LogP contribution in [0.15, 0.2) is 82.2 Å². The third-order valence-corrected chi connectivity index (χ3v) is 8.70. The van der Waals surface area contributed by atoms with E-state index in [2.05, 4.69) is 18.5 Å². The van der Waals surface area contributed by atoms with E-state index < -0.39 is 23.5 Å². The molecule has 0 saturated carbocycles. The van der Waals surface area contributed by atoms with E-state index in [1.54, 1.807) is 36.1 Å². The molecule has 0 aliphatic carbocycles. The highest BCUT2D eigenvalue weighted by molar-refractivity contribution is 7.07. The first-order chi connectivity index (χ1) is 21.3. The zero-order valence-corrected chi connectivity index (χ0v) is 25.9. The maximum atomic E-state index is 14.3. The first-order valence-electron chi connectivity index (χ1n) is 14.8. The molecule has 44 heavy (non-hydrogen) atoms. The summed E-state index contributed by atoms with van der Waals surface area (Å²) in [5.41, 5.74) is 2.60. The Balaban J connectivity index is 1.65. The number of amides is 1. The summed E-state index contributed by atoms with van der Waals surface area (Å²) in [6.45, 7) is 9.34. The fourth-order valence-corrected chi connectivity index (χ4v) is 6.78. The zero-order valence-electron chi connectivity index (χ0n) is 25.1. The van der Waals surface area contributed by atoms with Gasteiger partial charge in [0.1, 0.15) is 16.9 Å². The molecule has 1 atom stereocenters. The Hall–Kier alpha value is -4.57. The number of para-hydroxylation sites is 1. The summed E-state index contributed by atoms with van der Waals surface area (Å²) in [5.74, 6) is -0.978. The fraction of sp³-hybridized carbons (Fsp3) is 0.324. The van der Waals surface area contributed by atoms with Crippen LogP contribution in [0.25, 0.3) is 5.57 Å². The van der Waals surface area contributed by atoms with E-state index in [4.69, 9.17) is 9.47 Å². The second-order valence-corrected chi connectivity index (χ2v) is 11.7. The lowest BCUT2D eigenvalue weighted by Gasteiger charge is -2.24. The molecule has 0 N–H and O–H groups in total. The van der Waals surface area contributed by atoms with Crippen molar-refractivity contribution in [3.8, 4) is 5.75 Å². The molecule has 0 fully saturated rings. The molecule has 0 bridgehead atoms. The van der Waals surface area contributed by atoms with Gasteiger partial charge >= 0.3 is 11.9 Å². The summed E-state index contributed by atoms with van der Waals surface area (Å²) < 4.78 is 12.3. The molecule has 2 aromatic carbocycles. The Bertz CT molecular complexity index is 1830. The van der Waals surface area contributed by atoms with Gasteiger partial charge in [-0.2, -0.15) is 0 Å². The monoisotopic (exact) mass is 613 g/mol. The number of allylic oxidation sites excluding steroid dienone is 1. The van der Waals surface area contributed by atoms with Gasteiger partial charge in [-0.15, -0.1) is 0 Å². The van der Waals surface area contributed by atoms with Crippen LogP contribution in [-0.4, -0.2) is 35.6 Å². The van der Waals surface area contributed by atoms with Crippen molar-refractivity contribution in [3.63, 3.8) is 0 Å². The van der Waals surface area contributed by atoms with Crippen LogP contribution >= 0.6 is 11.3 Å². The fourth-order valence-electron chi connectivity index (χ4n) is 5.64. The maximum Gasteiger partial charge on any atom is 0.338 e. The molecule has 5 rings (SSSR count). The second-order valence-electron chi connectivity index (χ2n) is 10.7. The molecule has 1 aromatic heterocycles. The average Bonchev–Trinajstić information content (AvgIpc) is 3.47. The van der Waals surface area contributed by atoms with E-state index in [9.17, 15) is 19.2 Å². The van der Waals surface area contributed by atoms with Crippen molar-refractivity contribution in [2.75, 3.05) is 18.1 Å². The van der Waals surface area contributed by atoms with Gasteiger partial charge in [-0.05, 0) is 37.1 Å². The van der Waals surface area contributed by atoms with Gasteiger partial charge in [-0.25, -0.2) is 9.79 Å². The minimum atomic E-state index is -0.884. The topological polar surface area (TPSA) is 107 Å². The van der Waals surface area contributed by atoms with Crippen molar-refractivity contribution in [2.45, 2.75) is 58.9 Å². The lowest BCUT2D eigenvalue weighted by Crippen LogP contribution is -2.41. The summed E-state index contributed by atoms with van der Waals surface area (Å²) in [5, 5.41) is 0. The molecule has 0 saturated heterocycles. The predicted octanol–water partition coefficient (Wildman–Crippen LogP) is 4.58. The summed E-state index contributed by atoms with van der Waals surface area (Å²) in [7, 11) is 0. The van der Waals surface area contributed by atoms with E-state index in [0.29, 0.717) is 39.5 Å². The van der Waals surface area contributed by atoms with Gasteiger partial charge in [-0.3, -0.25) is 19.0 Å². The highest BCUT2D eigenvalue weighted by Crippen LogP contribution is 2.36. The van der Waals surface area contributed by atoms with Crippen molar-refractivity contribution < 1.29 is 23.9 Å². The van der Waals surface area contributed by atoms with E-state index >= 15 is 0 Å². The molecule has 3 heterocycles. The van der Waals surface area contributed by atoms with Gasteiger partial charge in [0.25, 0.3) is 11.5 Å². The van der Waals surface area contributed by atoms with Crippen LogP contribution in [0.3, 0.4) is 0 Å². The number of fused-ring (bicyclic) bond motifs is 2. The molecule has 228 valence electrons. The molecule has 1 unspecified atom stereocenters. The maximum absolute atomic E-state index is 14.3. The SMILES string of the molecule is C=CCOC(=O)C1=C(C)N=c2s/c(=C3/C(=O)N(CCCCCCC)c4ccccc43)c(=O)n2C1c1ccc(OC(C)=O)cc1. The van der Waals surface area contributed by atoms with Crippen molar-refractivity contribution in [1.29, 1.82) is 0 Å². The molecular weight excluding hydrogens is 578 g/mol. The lowest BCUT2D eigenvalue weighted by atomic mass is 9.96. The lowest BCUT2D eigenvalue weighted by molar-refractivity contribution is -0.138. The van der Waals surface area contributed by atoms with E-state index in [1.165, 1.54) is 17.6 Å². The predicted molar refractivity (Wildman–Crippen MR) is 169 cm³/mol. The Kier molecular flexibility index (Phi) is 9.39. The van der Waals surface area contributed by atoms with Gasteiger partial charge in [0.15, 0.2) is 4.80 Å². The molecule has 10 heteroatoms. The van der Waals surface area contributed by atoms with Crippen LogP contribution in [0.2, 0.25) is 0 Å². The first-order valence-corrected chi connectivity index (χ1v) is 15.6. The van der Waals surface area contributed by atoms with Crippen molar-refractivity contribution in [1.82, 2.24) is 4.57 Å². The summed E-state index contributed by atoms with van der Waals surface area (Å²) in [6, 6.07) is 13.2. The molecule has 2 aliphatic heterocycles. The third-order valence-electron chi connectivity index (χ3n) is 7.64. The van der Waals surface area contributed by atoms with Crippen molar-refractivity contribution in [2.24, 2.45) is 4.99 Å². The molecular formula is C34H35N3O6S. The first kappa shape index (κ1) is 30.9. The highest BCUT2D eigenvalue weighted by atomic mass is 32.1. The number of hydrogen-bond donors (Lipinski definition) is 0. The number of carbonyl (C=O) groups is 3. The quantitative estimate of drug-likeness (QED) is 0.136. The number of hydrogen-bond acceptors (Lipinski definition) is 8. The largest absolute Gasteiger partial charge is 0.458 e. The van der Waals surface area contributed by atoms with E-state index in [1.807, 2.05) is 24.3 Å². The number of nitrogens with zero attached hydrogens (tertiary/aromatic N) is 3. The third kappa shape index (κ3) is 5.94. The van der Waals surface area contributed by atoms with Crippen LogP contribution in [0.4, 0.5) is 5.69 Å². The smallest absolute Gasteiger partial charge is 0.338 e. The minimum Gasteiger partial charge on any atom is -0.458 e. The van der Waals surface area contributed by atoms with Crippen molar-refractivity contribution in [3.05, 3.63) is 103 Å². The number of ether oxygens (including phenoxy) is 2. The van der Waals surface area contributed by atoms with Gasteiger partial charge in [0, 0.05) is 19.0 Å². The Morgan fingerprint density at radius 1 is 1.05 bits per heavy atom. The van der Waals surface area contributed by atoms with Gasteiger partial charge in [0.2, 0.25) is 0 Å². The van der Waals surface area contributed by atoms with E-state index in [0.717, 1.165) is 49.1 Å². The summed E-state index contributed by atoms with van der Waals surface area (Å²) in [4.78, 5) is 59.9. The molecule has 3 aromatic rings. The number of anilines is 1. The number of esters is 2. The van der Waals surface area contributed by atoms with Crippen LogP contribution < -0.4 is 24.5 Å². The van der Waals surface area contributed by atoms with Gasteiger partial charge in [0.05, 0.1) is 28.6 Å². The Morgan fingerprint density at radius 2 is 1.77 bits per heavy atom.